The first-order valence-corrected chi connectivity index (χ1v) is 8.90. The van der Waals surface area contributed by atoms with Crippen molar-refractivity contribution in [3.05, 3.63) is 76.8 Å². The van der Waals surface area contributed by atoms with Crippen LogP contribution in [-0.4, -0.2) is 21.6 Å². The van der Waals surface area contributed by atoms with Gasteiger partial charge in [0.15, 0.2) is 0 Å². The standard InChI is InChI=1S/C19H16BrFN4O2/c1-12(25-9-3-8-22-25)18(26)23-14-4-2-5-15(11-14)24-19(27)16-10-13(21)6-7-17(16)20/h2-12H,1H3,(H,23,26)(H,24,27)/t12-/m1/s1. The van der Waals surface area contributed by atoms with Crippen molar-refractivity contribution in [1.29, 1.82) is 0 Å². The zero-order valence-electron chi connectivity index (χ0n) is 14.3. The third kappa shape index (κ3) is 4.59. The fourth-order valence-corrected chi connectivity index (χ4v) is 2.85. The maximum absolute atomic E-state index is 13.4. The van der Waals surface area contributed by atoms with Gasteiger partial charge in [-0.3, -0.25) is 14.3 Å². The normalized spacial score (nSPS) is 11.7. The second-order valence-corrected chi connectivity index (χ2v) is 6.66. The Balaban J connectivity index is 1.71. The van der Waals surface area contributed by atoms with Gasteiger partial charge in [0.05, 0.1) is 5.56 Å². The molecule has 0 saturated heterocycles. The number of nitrogens with zero attached hydrogens (tertiary/aromatic N) is 2. The Labute approximate surface area is 163 Å². The van der Waals surface area contributed by atoms with Crippen molar-refractivity contribution in [2.75, 3.05) is 10.6 Å². The Hall–Kier alpha value is -3.00. The fourth-order valence-electron chi connectivity index (χ4n) is 2.42. The molecule has 0 aliphatic carbocycles. The highest BCUT2D eigenvalue weighted by Gasteiger charge is 2.16. The van der Waals surface area contributed by atoms with Crippen molar-refractivity contribution in [3.63, 3.8) is 0 Å². The van der Waals surface area contributed by atoms with Gasteiger partial charge in [-0.15, -0.1) is 0 Å². The Morgan fingerprint density at radius 1 is 1.11 bits per heavy atom. The van der Waals surface area contributed by atoms with Gasteiger partial charge in [0, 0.05) is 28.2 Å². The van der Waals surface area contributed by atoms with Gasteiger partial charge in [0.2, 0.25) is 5.91 Å². The molecule has 2 N–H and O–H groups in total. The molecular formula is C19H16BrFN4O2. The van der Waals surface area contributed by atoms with Crippen LogP contribution in [0.2, 0.25) is 0 Å². The van der Waals surface area contributed by atoms with E-state index in [0.29, 0.717) is 15.8 Å². The van der Waals surface area contributed by atoms with E-state index in [0.717, 1.165) is 6.07 Å². The number of hydrogen-bond donors (Lipinski definition) is 2. The molecule has 0 fully saturated rings. The van der Waals surface area contributed by atoms with E-state index in [1.54, 1.807) is 54.3 Å². The average molecular weight is 431 g/mol. The van der Waals surface area contributed by atoms with Crippen LogP contribution in [-0.2, 0) is 4.79 Å². The summed E-state index contributed by atoms with van der Waals surface area (Å²) in [5, 5.41) is 9.52. The number of benzene rings is 2. The lowest BCUT2D eigenvalue weighted by Gasteiger charge is -2.14. The van der Waals surface area contributed by atoms with Crippen LogP contribution in [0.15, 0.2) is 65.4 Å². The molecule has 0 aliphatic rings. The molecule has 6 nitrogen and oxygen atoms in total. The Kier molecular flexibility index (Phi) is 5.66. The van der Waals surface area contributed by atoms with E-state index >= 15 is 0 Å². The van der Waals surface area contributed by atoms with Gasteiger partial charge in [-0.05, 0) is 65.3 Å². The van der Waals surface area contributed by atoms with Gasteiger partial charge in [-0.25, -0.2) is 4.39 Å². The average Bonchev–Trinajstić information content (AvgIpc) is 3.18. The van der Waals surface area contributed by atoms with Crippen molar-refractivity contribution in [3.8, 4) is 0 Å². The quantitative estimate of drug-likeness (QED) is 0.635. The zero-order valence-corrected chi connectivity index (χ0v) is 15.9. The molecule has 2 amide bonds. The van der Waals surface area contributed by atoms with Gasteiger partial charge in [-0.1, -0.05) is 6.07 Å². The molecule has 8 heteroatoms. The second-order valence-electron chi connectivity index (χ2n) is 5.81. The molecule has 0 aliphatic heterocycles. The number of halogens is 2. The van der Waals surface area contributed by atoms with Crippen molar-refractivity contribution >= 4 is 39.1 Å². The maximum atomic E-state index is 13.4. The molecule has 0 bridgehead atoms. The van der Waals surface area contributed by atoms with Gasteiger partial charge in [0.1, 0.15) is 11.9 Å². The fraction of sp³-hybridized carbons (Fsp3) is 0.105. The summed E-state index contributed by atoms with van der Waals surface area (Å²) in [6.07, 6.45) is 3.31. The number of carbonyl (C=O) groups is 2. The van der Waals surface area contributed by atoms with Crippen LogP contribution < -0.4 is 10.6 Å². The predicted molar refractivity (Wildman–Crippen MR) is 104 cm³/mol. The summed E-state index contributed by atoms with van der Waals surface area (Å²) >= 11 is 3.23. The van der Waals surface area contributed by atoms with Crippen LogP contribution >= 0.6 is 15.9 Å². The minimum absolute atomic E-state index is 0.178. The molecule has 0 unspecified atom stereocenters. The number of anilines is 2. The van der Waals surface area contributed by atoms with Gasteiger partial charge in [0.25, 0.3) is 5.91 Å². The Morgan fingerprint density at radius 3 is 2.56 bits per heavy atom. The molecule has 2 aromatic carbocycles. The first-order valence-electron chi connectivity index (χ1n) is 8.10. The number of rotatable bonds is 5. The van der Waals surface area contributed by atoms with Crippen LogP contribution in [0.4, 0.5) is 15.8 Å². The predicted octanol–water partition coefficient (Wildman–Crippen LogP) is 4.24. The number of amides is 2. The number of aromatic nitrogens is 2. The highest BCUT2D eigenvalue weighted by Crippen LogP contribution is 2.21. The highest BCUT2D eigenvalue weighted by atomic mass is 79.9. The van der Waals surface area contributed by atoms with E-state index in [9.17, 15) is 14.0 Å². The number of carbonyl (C=O) groups excluding carboxylic acids is 2. The van der Waals surface area contributed by atoms with Crippen LogP contribution in [0.1, 0.15) is 23.3 Å². The summed E-state index contributed by atoms with van der Waals surface area (Å²) in [5.41, 5.74) is 1.17. The largest absolute Gasteiger partial charge is 0.324 e. The van der Waals surface area contributed by atoms with Gasteiger partial charge >= 0.3 is 0 Å². The van der Waals surface area contributed by atoms with Gasteiger partial charge in [-0.2, -0.15) is 5.10 Å². The highest BCUT2D eigenvalue weighted by molar-refractivity contribution is 9.10. The smallest absolute Gasteiger partial charge is 0.256 e. The molecular weight excluding hydrogens is 415 g/mol. The monoisotopic (exact) mass is 430 g/mol. The summed E-state index contributed by atoms with van der Waals surface area (Å²) in [7, 11) is 0. The molecule has 3 aromatic rings. The third-order valence-electron chi connectivity index (χ3n) is 3.86. The summed E-state index contributed by atoms with van der Waals surface area (Å²) in [5.74, 6) is -1.21. The maximum Gasteiger partial charge on any atom is 0.256 e. The third-order valence-corrected chi connectivity index (χ3v) is 4.55. The van der Waals surface area contributed by atoms with E-state index in [4.69, 9.17) is 0 Å². The lowest BCUT2D eigenvalue weighted by Crippen LogP contribution is -2.24. The number of hydrogen-bond acceptors (Lipinski definition) is 3. The summed E-state index contributed by atoms with van der Waals surface area (Å²) in [6, 6.07) is 11.8. The minimum Gasteiger partial charge on any atom is -0.324 e. The number of nitrogens with one attached hydrogen (secondary N) is 2. The van der Waals surface area contributed by atoms with Gasteiger partial charge < -0.3 is 10.6 Å². The van der Waals surface area contributed by atoms with Crippen LogP contribution in [0.3, 0.4) is 0 Å². The summed E-state index contributed by atoms with van der Waals surface area (Å²) < 4.78 is 15.4. The zero-order chi connectivity index (χ0) is 19.4. The molecule has 1 heterocycles. The molecule has 0 radical (unpaired) electrons. The lowest BCUT2D eigenvalue weighted by molar-refractivity contribution is -0.119. The van der Waals surface area contributed by atoms with Crippen molar-refractivity contribution < 1.29 is 14.0 Å². The van der Waals surface area contributed by atoms with E-state index in [-0.39, 0.29) is 11.5 Å². The molecule has 3 rings (SSSR count). The van der Waals surface area contributed by atoms with Crippen LogP contribution in [0.25, 0.3) is 0 Å². The topological polar surface area (TPSA) is 76.0 Å². The van der Waals surface area contributed by atoms with E-state index < -0.39 is 17.8 Å². The van der Waals surface area contributed by atoms with E-state index in [1.165, 1.54) is 12.1 Å². The Morgan fingerprint density at radius 2 is 1.85 bits per heavy atom. The second kappa shape index (κ2) is 8.13. The Bertz CT molecular complexity index is 976. The lowest BCUT2D eigenvalue weighted by atomic mass is 10.2. The minimum atomic E-state index is -0.503. The molecule has 138 valence electrons. The summed E-state index contributed by atoms with van der Waals surface area (Å²) in [6.45, 7) is 1.73. The first kappa shape index (κ1) is 18.8. The van der Waals surface area contributed by atoms with Crippen molar-refractivity contribution in [2.45, 2.75) is 13.0 Å². The molecule has 0 spiro atoms. The summed E-state index contributed by atoms with van der Waals surface area (Å²) in [4.78, 5) is 24.7. The van der Waals surface area contributed by atoms with E-state index in [1.807, 2.05) is 0 Å². The molecule has 27 heavy (non-hydrogen) atoms. The van der Waals surface area contributed by atoms with E-state index in [2.05, 4.69) is 31.7 Å². The molecule has 1 atom stereocenters. The molecule has 1 aromatic heterocycles. The SMILES string of the molecule is C[C@H](C(=O)Nc1cccc(NC(=O)c2cc(F)ccc2Br)c1)n1cccn1. The van der Waals surface area contributed by atoms with Crippen LogP contribution in [0.5, 0.6) is 0 Å². The van der Waals surface area contributed by atoms with Crippen LogP contribution in [0, 0.1) is 5.82 Å². The van der Waals surface area contributed by atoms with Crippen molar-refractivity contribution in [1.82, 2.24) is 9.78 Å². The first-order chi connectivity index (χ1) is 12.9. The molecule has 0 saturated carbocycles. The van der Waals surface area contributed by atoms with Crippen molar-refractivity contribution in [2.24, 2.45) is 0 Å².